The summed E-state index contributed by atoms with van der Waals surface area (Å²) < 4.78 is 10.8. The van der Waals surface area contributed by atoms with E-state index in [4.69, 9.17) is 9.15 Å². The number of rotatable bonds is 10. The van der Waals surface area contributed by atoms with Crippen LogP contribution in [0.25, 0.3) is 11.3 Å². The highest BCUT2D eigenvalue weighted by Gasteiger charge is 2.14. The maximum absolute atomic E-state index is 12.0. The molecule has 26 heavy (non-hydrogen) atoms. The van der Waals surface area contributed by atoms with E-state index >= 15 is 0 Å². The minimum Gasteiger partial charge on any atom is -0.461 e. The quantitative estimate of drug-likeness (QED) is 0.483. The predicted molar refractivity (Wildman–Crippen MR) is 100 cm³/mol. The van der Waals surface area contributed by atoms with Crippen molar-refractivity contribution in [2.24, 2.45) is 0 Å². The molecule has 0 atom stereocenters. The van der Waals surface area contributed by atoms with Gasteiger partial charge in [-0.15, -0.1) is 13.2 Å². The fraction of sp³-hybridized carbons (Fsp3) is 0.238. The van der Waals surface area contributed by atoms with Crippen molar-refractivity contribution in [3.05, 3.63) is 73.5 Å². The number of esters is 1. The van der Waals surface area contributed by atoms with Crippen molar-refractivity contribution in [1.29, 1.82) is 0 Å². The monoisotopic (exact) mass is 353 g/mol. The van der Waals surface area contributed by atoms with Gasteiger partial charge < -0.3 is 14.1 Å². The third-order valence-electron chi connectivity index (χ3n) is 3.70. The topological polar surface area (TPSA) is 59.8 Å². The molecule has 136 valence electrons. The van der Waals surface area contributed by atoms with Gasteiger partial charge in [-0.05, 0) is 12.1 Å². The molecule has 2 rings (SSSR count). The third kappa shape index (κ3) is 5.77. The van der Waals surface area contributed by atoms with Gasteiger partial charge in [0.05, 0.1) is 6.42 Å². The van der Waals surface area contributed by atoms with Crippen LogP contribution in [-0.4, -0.2) is 36.5 Å². The minimum absolute atomic E-state index is 0.151. The summed E-state index contributed by atoms with van der Waals surface area (Å²) in [7, 11) is 0. The number of benzene rings is 1. The van der Waals surface area contributed by atoms with E-state index in [9.17, 15) is 9.59 Å². The predicted octanol–water partition coefficient (Wildman–Crippen LogP) is 3.62. The lowest BCUT2D eigenvalue weighted by Crippen LogP contribution is -2.35. The highest BCUT2D eigenvalue weighted by Crippen LogP contribution is 2.22. The van der Waals surface area contributed by atoms with E-state index in [2.05, 4.69) is 13.2 Å². The molecule has 0 aliphatic rings. The van der Waals surface area contributed by atoms with Crippen LogP contribution in [0.4, 0.5) is 0 Å². The zero-order valence-corrected chi connectivity index (χ0v) is 14.7. The van der Waals surface area contributed by atoms with E-state index in [0.29, 0.717) is 25.3 Å². The molecule has 5 heteroatoms. The smallest absolute Gasteiger partial charge is 0.306 e. The van der Waals surface area contributed by atoms with Gasteiger partial charge in [-0.25, -0.2) is 0 Å². The third-order valence-corrected chi connectivity index (χ3v) is 3.70. The fourth-order valence-electron chi connectivity index (χ4n) is 2.39. The Balaban J connectivity index is 1.78. The van der Waals surface area contributed by atoms with Gasteiger partial charge in [0.15, 0.2) is 6.61 Å². The highest BCUT2D eigenvalue weighted by molar-refractivity contribution is 5.81. The van der Waals surface area contributed by atoms with Crippen molar-refractivity contribution < 1.29 is 18.7 Å². The summed E-state index contributed by atoms with van der Waals surface area (Å²) in [6.45, 7) is 7.69. The molecule has 1 heterocycles. The number of carbonyl (C=O) groups excluding carboxylic acids is 2. The number of aryl methyl sites for hydroxylation is 1. The molecule has 5 nitrogen and oxygen atoms in total. The first-order valence-corrected chi connectivity index (χ1v) is 8.43. The summed E-state index contributed by atoms with van der Waals surface area (Å²) in [5.41, 5.74) is 0.983. The van der Waals surface area contributed by atoms with Crippen molar-refractivity contribution in [3.8, 4) is 11.3 Å². The zero-order valence-electron chi connectivity index (χ0n) is 14.7. The van der Waals surface area contributed by atoms with E-state index in [1.165, 1.54) is 4.90 Å². The van der Waals surface area contributed by atoms with Gasteiger partial charge in [0.25, 0.3) is 5.91 Å². The summed E-state index contributed by atoms with van der Waals surface area (Å²) in [5.74, 6) is 0.747. The van der Waals surface area contributed by atoms with Gasteiger partial charge >= 0.3 is 5.97 Å². The molecule has 0 bridgehead atoms. The van der Waals surface area contributed by atoms with Crippen molar-refractivity contribution in [2.45, 2.75) is 12.8 Å². The molecule has 2 aromatic rings. The summed E-state index contributed by atoms with van der Waals surface area (Å²) >= 11 is 0. The molecule has 0 saturated carbocycles. The molecule has 0 saturated heterocycles. The first-order chi connectivity index (χ1) is 12.6. The first-order valence-electron chi connectivity index (χ1n) is 8.43. The lowest BCUT2D eigenvalue weighted by Gasteiger charge is -2.18. The summed E-state index contributed by atoms with van der Waals surface area (Å²) in [6, 6.07) is 13.5. The van der Waals surface area contributed by atoms with E-state index in [1.807, 2.05) is 42.5 Å². The molecule has 0 fully saturated rings. The van der Waals surface area contributed by atoms with Crippen molar-refractivity contribution in [2.75, 3.05) is 19.7 Å². The lowest BCUT2D eigenvalue weighted by atomic mass is 10.2. The maximum Gasteiger partial charge on any atom is 0.306 e. The standard InChI is InChI=1S/C21H23NO4/c1-3-14-22(15-4-2)20(23)16-25-21(24)13-11-18-10-12-19(26-18)17-8-6-5-7-9-17/h3-10,12H,1-2,11,13-16H2. The second-order valence-corrected chi connectivity index (χ2v) is 5.67. The Morgan fingerprint density at radius 1 is 1.04 bits per heavy atom. The highest BCUT2D eigenvalue weighted by atomic mass is 16.5. The van der Waals surface area contributed by atoms with Crippen LogP contribution in [0.15, 0.2) is 72.2 Å². The molecule has 0 spiro atoms. The molecular formula is C21H23NO4. The van der Waals surface area contributed by atoms with Crippen LogP contribution in [0, 0.1) is 0 Å². The Morgan fingerprint density at radius 2 is 1.73 bits per heavy atom. The molecule has 0 radical (unpaired) electrons. The van der Waals surface area contributed by atoms with Gasteiger partial charge in [-0.2, -0.15) is 0 Å². The van der Waals surface area contributed by atoms with Crippen molar-refractivity contribution in [3.63, 3.8) is 0 Å². The number of ether oxygens (including phenoxy) is 1. The molecule has 1 aromatic heterocycles. The van der Waals surface area contributed by atoms with Gasteiger partial charge in [-0.1, -0.05) is 42.5 Å². The molecule has 0 N–H and O–H groups in total. The molecule has 0 aliphatic heterocycles. The van der Waals surface area contributed by atoms with Gasteiger partial charge in [0.2, 0.25) is 0 Å². The second kappa shape index (κ2) is 10.0. The van der Waals surface area contributed by atoms with Crippen LogP contribution < -0.4 is 0 Å². The maximum atomic E-state index is 12.0. The summed E-state index contributed by atoms with van der Waals surface area (Å²) in [4.78, 5) is 25.4. The van der Waals surface area contributed by atoms with Crippen LogP contribution in [0.2, 0.25) is 0 Å². The Labute approximate surface area is 153 Å². The normalized spacial score (nSPS) is 10.2. The fourth-order valence-corrected chi connectivity index (χ4v) is 2.39. The first kappa shape index (κ1) is 19.2. The van der Waals surface area contributed by atoms with Gasteiger partial charge in [0.1, 0.15) is 11.5 Å². The molecule has 0 unspecified atom stereocenters. The Kier molecular flexibility index (Phi) is 7.43. The van der Waals surface area contributed by atoms with Crippen molar-refractivity contribution in [1.82, 2.24) is 4.90 Å². The number of nitrogens with zero attached hydrogens (tertiary/aromatic N) is 1. The Morgan fingerprint density at radius 3 is 2.38 bits per heavy atom. The van der Waals surface area contributed by atoms with E-state index < -0.39 is 5.97 Å². The number of hydrogen-bond donors (Lipinski definition) is 0. The van der Waals surface area contributed by atoms with Gasteiger partial charge in [-0.3, -0.25) is 9.59 Å². The summed E-state index contributed by atoms with van der Waals surface area (Å²) in [5, 5.41) is 0. The summed E-state index contributed by atoms with van der Waals surface area (Å²) in [6.07, 6.45) is 3.80. The molecular weight excluding hydrogens is 330 g/mol. The van der Waals surface area contributed by atoms with Crippen LogP contribution in [-0.2, 0) is 20.7 Å². The lowest BCUT2D eigenvalue weighted by molar-refractivity contribution is -0.151. The second-order valence-electron chi connectivity index (χ2n) is 5.67. The molecule has 1 aromatic carbocycles. The van der Waals surface area contributed by atoms with E-state index in [-0.39, 0.29) is 18.9 Å². The number of furan rings is 1. The van der Waals surface area contributed by atoms with Crippen LogP contribution >= 0.6 is 0 Å². The van der Waals surface area contributed by atoms with E-state index in [1.54, 1.807) is 12.2 Å². The SMILES string of the molecule is C=CCN(CC=C)C(=O)COC(=O)CCc1ccc(-c2ccccc2)o1. The number of carbonyl (C=O) groups is 2. The molecule has 1 amide bonds. The van der Waals surface area contributed by atoms with Gasteiger partial charge in [0, 0.05) is 25.1 Å². The van der Waals surface area contributed by atoms with Crippen molar-refractivity contribution >= 4 is 11.9 Å². The van der Waals surface area contributed by atoms with Crippen LogP contribution in [0.1, 0.15) is 12.2 Å². The minimum atomic E-state index is -0.437. The zero-order chi connectivity index (χ0) is 18.8. The number of hydrogen-bond acceptors (Lipinski definition) is 4. The largest absolute Gasteiger partial charge is 0.461 e. The van der Waals surface area contributed by atoms with E-state index in [0.717, 1.165) is 11.3 Å². The van der Waals surface area contributed by atoms with Crippen LogP contribution in [0.3, 0.4) is 0 Å². The Hall–Kier alpha value is -3.08. The number of amides is 1. The average molecular weight is 353 g/mol. The average Bonchev–Trinajstić information content (AvgIpc) is 3.14. The Bertz CT molecular complexity index is 738. The van der Waals surface area contributed by atoms with Crippen LogP contribution in [0.5, 0.6) is 0 Å². The molecule has 0 aliphatic carbocycles.